The van der Waals surface area contributed by atoms with Crippen molar-refractivity contribution in [3.05, 3.63) is 24.3 Å². The molecule has 0 saturated heterocycles. The van der Waals surface area contributed by atoms with Crippen molar-refractivity contribution in [2.75, 3.05) is 10.2 Å². The van der Waals surface area contributed by atoms with Crippen molar-refractivity contribution in [3.63, 3.8) is 0 Å². The van der Waals surface area contributed by atoms with E-state index in [2.05, 4.69) is 15.3 Å². The Hall–Kier alpha value is -2.57. The lowest BCUT2D eigenvalue weighted by Gasteiger charge is -2.45. The van der Waals surface area contributed by atoms with E-state index in [0.717, 1.165) is 37.1 Å². The zero-order chi connectivity index (χ0) is 18.0. The number of carbonyl (C=O) groups is 1. The Morgan fingerprint density at radius 2 is 1.80 bits per heavy atom. The van der Waals surface area contributed by atoms with Gasteiger partial charge in [0, 0.05) is 17.3 Å². The van der Waals surface area contributed by atoms with Gasteiger partial charge in [-0.15, -0.1) is 0 Å². The number of nitrogens with one attached hydrogen (secondary N) is 1. The first kappa shape index (κ1) is 17.3. The van der Waals surface area contributed by atoms with Gasteiger partial charge in [-0.05, 0) is 49.9 Å². The average molecular weight is 342 g/mol. The lowest BCUT2D eigenvalue weighted by atomic mass is 9.87. The summed E-state index contributed by atoms with van der Waals surface area (Å²) >= 11 is 0. The first-order chi connectivity index (χ1) is 11.9. The zero-order valence-electron chi connectivity index (χ0n) is 14.8. The maximum absolute atomic E-state index is 11.8. The number of rotatable bonds is 3. The average Bonchev–Trinajstić information content (AvgIpc) is 2.56. The fourth-order valence-corrected chi connectivity index (χ4v) is 3.48. The molecule has 134 valence electrons. The molecular formula is C18H26N6O. The van der Waals surface area contributed by atoms with E-state index >= 15 is 0 Å². The Kier molecular flexibility index (Phi) is 4.65. The van der Waals surface area contributed by atoms with E-state index in [1.165, 1.54) is 6.42 Å². The van der Waals surface area contributed by atoms with Crippen molar-refractivity contribution >= 4 is 29.2 Å². The fraction of sp³-hybridized carbons (Fsp3) is 0.500. The van der Waals surface area contributed by atoms with Crippen LogP contribution in [0.3, 0.4) is 0 Å². The molecule has 1 aliphatic heterocycles. The van der Waals surface area contributed by atoms with Gasteiger partial charge in [-0.3, -0.25) is 9.69 Å². The van der Waals surface area contributed by atoms with Crippen molar-refractivity contribution in [3.8, 4) is 0 Å². The Balaban J connectivity index is 1.88. The zero-order valence-corrected chi connectivity index (χ0v) is 14.8. The van der Waals surface area contributed by atoms with Crippen LogP contribution < -0.4 is 21.7 Å². The van der Waals surface area contributed by atoms with Gasteiger partial charge in [0.1, 0.15) is 5.66 Å². The van der Waals surface area contributed by atoms with Gasteiger partial charge in [0.25, 0.3) is 0 Å². The highest BCUT2D eigenvalue weighted by Crippen LogP contribution is 2.39. The molecule has 1 aliphatic carbocycles. The Labute approximate surface area is 148 Å². The Bertz CT molecular complexity index is 701. The second kappa shape index (κ2) is 6.74. The molecule has 5 N–H and O–H groups in total. The second-order valence-corrected chi connectivity index (χ2v) is 7.01. The summed E-state index contributed by atoms with van der Waals surface area (Å²) in [5.74, 6) is 0.546. The predicted octanol–water partition coefficient (Wildman–Crippen LogP) is 2.39. The van der Waals surface area contributed by atoms with Crippen LogP contribution >= 0.6 is 0 Å². The van der Waals surface area contributed by atoms with Crippen LogP contribution in [-0.2, 0) is 4.79 Å². The van der Waals surface area contributed by atoms with Crippen LogP contribution in [-0.4, -0.2) is 23.5 Å². The molecular weight excluding hydrogens is 316 g/mol. The molecule has 0 radical (unpaired) electrons. The summed E-state index contributed by atoms with van der Waals surface area (Å²) in [6, 6.07) is 7.62. The molecule has 2 aliphatic rings. The van der Waals surface area contributed by atoms with Crippen molar-refractivity contribution in [1.29, 1.82) is 0 Å². The lowest BCUT2D eigenvalue weighted by Crippen LogP contribution is -2.58. The van der Waals surface area contributed by atoms with Crippen LogP contribution in [0.4, 0.5) is 11.4 Å². The largest absolute Gasteiger partial charge is 0.369 e. The van der Waals surface area contributed by atoms with Crippen LogP contribution in [0.2, 0.25) is 0 Å². The molecule has 0 atom stereocenters. The van der Waals surface area contributed by atoms with Gasteiger partial charge in [0.2, 0.25) is 17.8 Å². The minimum atomic E-state index is -0.448. The van der Waals surface area contributed by atoms with Crippen LogP contribution in [0, 0.1) is 5.92 Å². The van der Waals surface area contributed by atoms with Gasteiger partial charge in [0.05, 0.1) is 0 Å². The standard InChI is InChI=1S/C18H26N6O/c1-12(2)15(25)21-13-6-8-14(9-7-13)24-17(20)22-16(19)23-18(24)10-4-3-5-11-18/h6-9,12H,3-5,10-11H2,1-2H3,(H,21,25)(H4,19,20,22,23). The molecule has 25 heavy (non-hydrogen) atoms. The minimum Gasteiger partial charge on any atom is -0.369 e. The van der Waals surface area contributed by atoms with Gasteiger partial charge in [-0.25, -0.2) is 4.99 Å². The molecule has 3 rings (SSSR count). The molecule has 1 heterocycles. The number of anilines is 2. The number of hydrogen-bond donors (Lipinski definition) is 3. The summed E-state index contributed by atoms with van der Waals surface area (Å²) in [6.07, 6.45) is 5.17. The maximum Gasteiger partial charge on any atom is 0.226 e. The Morgan fingerprint density at radius 3 is 2.40 bits per heavy atom. The topological polar surface area (TPSA) is 109 Å². The monoisotopic (exact) mass is 342 g/mol. The number of nitrogens with two attached hydrogens (primary N) is 2. The highest BCUT2D eigenvalue weighted by molar-refractivity contribution is 6.05. The number of guanidine groups is 2. The van der Waals surface area contributed by atoms with Crippen LogP contribution in [0.1, 0.15) is 46.0 Å². The third-order valence-electron chi connectivity index (χ3n) is 4.77. The van der Waals surface area contributed by atoms with E-state index in [1.807, 2.05) is 43.0 Å². The number of amides is 1. The SMILES string of the molecule is CC(C)C(=O)Nc1ccc(N2C(N)=NC(N)=NC23CCCCC3)cc1. The normalized spacial score (nSPS) is 19.6. The predicted molar refractivity (Wildman–Crippen MR) is 101 cm³/mol. The molecule has 1 amide bonds. The molecule has 7 heteroatoms. The first-order valence-electron chi connectivity index (χ1n) is 8.82. The van der Waals surface area contributed by atoms with E-state index in [-0.39, 0.29) is 17.8 Å². The van der Waals surface area contributed by atoms with E-state index in [4.69, 9.17) is 11.5 Å². The summed E-state index contributed by atoms with van der Waals surface area (Å²) in [4.78, 5) is 22.6. The van der Waals surface area contributed by atoms with Crippen LogP contribution in [0.25, 0.3) is 0 Å². The molecule has 1 saturated carbocycles. The van der Waals surface area contributed by atoms with Gasteiger partial charge in [0.15, 0.2) is 0 Å². The summed E-state index contributed by atoms with van der Waals surface area (Å²) in [5, 5.41) is 2.89. The molecule has 1 aromatic carbocycles. The van der Waals surface area contributed by atoms with Crippen LogP contribution in [0.15, 0.2) is 34.3 Å². The van der Waals surface area contributed by atoms with E-state index < -0.39 is 5.66 Å². The first-order valence-corrected chi connectivity index (χ1v) is 8.82. The molecule has 7 nitrogen and oxygen atoms in total. The van der Waals surface area contributed by atoms with Gasteiger partial charge in [-0.2, -0.15) is 4.99 Å². The second-order valence-electron chi connectivity index (χ2n) is 7.01. The van der Waals surface area contributed by atoms with E-state index in [9.17, 15) is 4.79 Å². The third-order valence-corrected chi connectivity index (χ3v) is 4.77. The molecule has 0 bridgehead atoms. The van der Waals surface area contributed by atoms with Crippen LogP contribution in [0.5, 0.6) is 0 Å². The number of aliphatic imine (C=N–C) groups is 2. The van der Waals surface area contributed by atoms with Crippen molar-refractivity contribution in [2.45, 2.75) is 51.6 Å². The molecule has 1 fully saturated rings. The smallest absolute Gasteiger partial charge is 0.226 e. The van der Waals surface area contributed by atoms with E-state index in [1.54, 1.807) is 0 Å². The molecule has 1 aromatic rings. The van der Waals surface area contributed by atoms with Gasteiger partial charge < -0.3 is 16.8 Å². The third kappa shape index (κ3) is 3.45. The fourth-order valence-electron chi connectivity index (χ4n) is 3.48. The van der Waals surface area contributed by atoms with Gasteiger partial charge in [-0.1, -0.05) is 20.3 Å². The lowest BCUT2D eigenvalue weighted by molar-refractivity contribution is -0.118. The molecule has 0 unspecified atom stereocenters. The Morgan fingerprint density at radius 1 is 1.16 bits per heavy atom. The summed E-state index contributed by atoms with van der Waals surface area (Å²) < 4.78 is 0. The van der Waals surface area contributed by atoms with Crippen molar-refractivity contribution in [2.24, 2.45) is 27.4 Å². The number of nitrogens with zero attached hydrogens (tertiary/aromatic N) is 3. The maximum atomic E-state index is 11.8. The highest BCUT2D eigenvalue weighted by atomic mass is 16.1. The van der Waals surface area contributed by atoms with Crippen molar-refractivity contribution < 1.29 is 4.79 Å². The highest BCUT2D eigenvalue weighted by Gasteiger charge is 2.42. The number of hydrogen-bond acceptors (Lipinski definition) is 6. The van der Waals surface area contributed by atoms with Gasteiger partial charge >= 0.3 is 0 Å². The minimum absolute atomic E-state index is 0.00655. The van der Waals surface area contributed by atoms with Crippen molar-refractivity contribution in [1.82, 2.24) is 0 Å². The summed E-state index contributed by atoms with van der Waals surface area (Å²) in [7, 11) is 0. The summed E-state index contributed by atoms with van der Waals surface area (Å²) in [5.41, 5.74) is 13.3. The van der Waals surface area contributed by atoms with E-state index in [0.29, 0.717) is 5.96 Å². The quantitative estimate of drug-likeness (QED) is 0.783. The molecule has 1 spiro atoms. The molecule has 0 aromatic heterocycles. The summed E-state index contributed by atoms with van der Waals surface area (Å²) in [6.45, 7) is 3.73. The number of carbonyl (C=O) groups excluding carboxylic acids is 1. The number of benzene rings is 1.